The van der Waals surface area contributed by atoms with Gasteiger partial charge in [-0.1, -0.05) is 63.1 Å². The van der Waals surface area contributed by atoms with Gasteiger partial charge in [0, 0.05) is 19.3 Å². The van der Waals surface area contributed by atoms with E-state index in [9.17, 15) is 4.79 Å². The van der Waals surface area contributed by atoms with Crippen LogP contribution < -0.4 is 0 Å². The number of amides is 1. The number of carbonyl (C=O) groups excluding carboxylic acids is 1. The Morgan fingerprint density at radius 3 is 2.24 bits per heavy atom. The average molecular weight is 338 g/mol. The van der Waals surface area contributed by atoms with Gasteiger partial charge in [0.05, 0.1) is 0 Å². The molecule has 3 heteroatoms. The number of benzene rings is 1. The summed E-state index contributed by atoms with van der Waals surface area (Å²) in [5.41, 5.74) is 2.93. The van der Waals surface area contributed by atoms with Crippen LogP contribution in [-0.2, 0) is 0 Å². The summed E-state index contributed by atoms with van der Waals surface area (Å²) in [5.74, 6) is 0.639. The molecule has 1 amide bonds. The van der Waals surface area contributed by atoms with Crippen LogP contribution in [0.5, 0.6) is 0 Å². The third kappa shape index (κ3) is 5.42. The van der Waals surface area contributed by atoms with E-state index in [1.165, 1.54) is 18.4 Å². The SMILES string of the molecule is CCCC.Cc1cccnc1C(=O)N1CCC(c2ccccc2)CC1. The number of unbranched alkanes of at least 4 members (excludes halogenated alkanes) is 1. The lowest BCUT2D eigenvalue weighted by Crippen LogP contribution is -2.38. The number of aryl methyl sites for hydroxylation is 1. The molecule has 0 unspecified atom stereocenters. The third-order valence-corrected chi connectivity index (χ3v) is 4.77. The lowest BCUT2D eigenvalue weighted by atomic mass is 9.89. The molecule has 3 rings (SSSR count). The van der Waals surface area contributed by atoms with E-state index in [1.54, 1.807) is 6.20 Å². The number of hydrogen-bond acceptors (Lipinski definition) is 2. The van der Waals surface area contributed by atoms with Crippen LogP contribution in [0.1, 0.15) is 67.1 Å². The zero-order valence-corrected chi connectivity index (χ0v) is 15.7. The molecule has 0 bridgehead atoms. The Kier molecular flexibility index (Phi) is 7.65. The first kappa shape index (κ1) is 19.2. The van der Waals surface area contributed by atoms with Gasteiger partial charge in [-0.05, 0) is 42.9 Å². The van der Waals surface area contributed by atoms with E-state index in [0.717, 1.165) is 31.5 Å². The molecule has 0 spiro atoms. The van der Waals surface area contributed by atoms with Gasteiger partial charge in [-0.2, -0.15) is 0 Å². The molecule has 1 aromatic heterocycles. The summed E-state index contributed by atoms with van der Waals surface area (Å²) in [6.07, 6.45) is 6.39. The Labute approximate surface area is 152 Å². The van der Waals surface area contributed by atoms with Crippen LogP contribution in [0.25, 0.3) is 0 Å². The lowest BCUT2D eigenvalue weighted by Gasteiger charge is -2.32. The van der Waals surface area contributed by atoms with E-state index in [0.29, 0.717) is 11.6 Å². The summed E-state index contributed by atoms with van der Waals surface area (Å²) in [5, 5.41) is 0. The molecular weight excluding hydrogens is 308 g/mol. The molecule has 0 saturated carbocycles. The maximum atomic E-state index is 12.5. The first-order valence-electron chi connectivity index (χ1n) is 9.43. The highest BCUT2D eigenvalue weighted by Gasteiger charge is 2.25. The fraction of sp³-hybridized carbons (Fsp3) is 0.455. The molecule has 0 atom stereocenters. The van der Waals surface area contributed by atoms with Crippen LogP contribution in [0.4, 0.5) is 0 Å². The fourth-order valence-corrected chi connectivity index (χ4v) is 3.00. The van der Waals surface area contributed by atoms with Gasteiger partial charge in [0.2, 0.25) is 0 Å². The molecule has 25 heavy (non-hydrogen) atoms. The van der Waals surface area contributed by atoms with Crippen molar-refractivity contribution in [3.8, 4) is 0 Å². The third-order valence-electron chi connectivity index (χ3n) is 4.77. The molecule has 2 heterocycles. The number of hydrogen-bond donors (Lipinski definition) is 0. The quantitative estimate of drug-likeness (QED) is 0.769. The van der Waals surface area contributed by atoms with Gasteiger partial charge in [-0.3, -0.25) is 9.78 Å². The molecule has 1 aliphatic heterocycles. The van der Waals surface area contributed by atoms with E-state index < -0.39 is 0 Å². The number of nitrogens with zero attached hydrogens (tertiary/aromatic N) is 2. The first-order chi connectivity index (χ1) is 12.2. The summed E-state index contributed by atoms with van der Waals surface area (Å²) in [4.78, 5) is 18.7. The van der Waals surface area contributed by atoms with Crippen LogP contribution in [0.3, 0.4) is 0 Å². The number of aromatic nitrogens is 1. The number of pyridine rings is 1. The van der Waals surface area contributed by atoms with E-state index in [4.69, 9.17) is 0 Å². The molecule has 0 N–H and O–H groups in total. The maximum absolute atomic E-state index is 12.5. The minimum absolute atomic E-state index is 0.0691. The summed E-state index contributed by atoms with van der Waals surface area (Å²) in [6, 6.07) is 14.4. The molecule has 3 nitrogen and oxygen atoms in total. The van der Waals surface area contributed by atoms with Crippen molar-refractivity contribution in [2.75, 3.05) is 13.1 Å². The second kappa shape index (κ2) is 9.97. The average Bonchev–Trinajstić information content (AvgIpc) is 2.69. The Balaban J connectivity index is 0.000000511. The normalized spacial score (nSPS) is 14.6. The maximum Gasteiger partial charge on any atom is 0.272 e. The van der Waals surface area contributed by atoms with Gasteiger partial charge in [0.25, 0.3) is 5.91 Å². The van der Waals surface area contributed by atoms with Crippen molar-refractivity contribution in [3.05, 3.63) is 65.5 Å². The van der Waals surface area contributed by atoms with Crippen LogP contribution in [0.15, 0.2) is 48.7 Å². The predicted octanol–water partition coefficient (Wildman–Crippen LogP) is 5.22. The van der Waals surface area contributed by atoms with E-state index >= 15 is 0 Å². The van der Waals surface area contributed by atoms with Crippen molar-refractivity contribution in [2.45, 2.75) is 52.4 Å². The Morgan fingerprint density at radius 1 is 1.04 bits per heavy atom. The fourth-order valence-electron chi connectivity index (χ4n) is 3.00. The van der Waals surface area contributed by atoms with Gasteiger partial charge >= 0.3 is 0 Å². The summed E-state index contributed by atoms with van der Waals surface area (Å²) in [6.45, 7) is 7.93. The topological polar surface area (TPSA) is 33.2 Å². The lowest BCUT2D eigenvalue weighted by molar-refractivity contribution is 0.0706. The molecule has 1 aromatic carbocycles. The van der Waals surface area contributed by atoms with E-state index in [-0.39, 0.29) is 5.91 Å². The summed E-state index contributed by atoms with van der Waals surface area (Å²) >= 11 is 0. The van der Waals surface area contributed by atoms with Gasteiger partial charge in [-0.15, -0.1) is 0 Å². The monoisotopic (exact) mass is 338 g/mol. The van der Waals surface area contributed by atoms with Crippen LogP contribution in [0, 0.1) is 6.92 Å². The molecule has 2 aromatic rings. The Bertz CT molecular complexity index is 644. The largest absolute Gasteiger partial charge is 0.337 e. The highest BCUT2D eigenvalue weighted by atomic mass is 16.2. The molecule has 0 aliphatic carbocycles. The van der Waals surface area contributed by atoms with Crippen molar-refractivity contribution in [3.63, 3.8) is 0 Å². The van der Waals surface area contributed by atoms with Gasteiger partial charge in [-0.25, -0.2) is 0 Å². The van der Waals surface area contributed by atoms with Crippen molar-refractivity contribution < 1.29 is 4.79 Å². The first-order valence-corrected chi connectivity index (χ1v) is 9.43. The summed E-state index contributed by atoms with van der Waals surface area (Å²) < 4.78 is 0. The number of carbonyl (C=O) groups is 1. The highest BCUT2D eigenvalue weighted by Crippen LogP contribution is 2.28. The van der Waals surface area contributed by atoms with E-state index in [1.807, 2.05) is 30.0 Å². The minimum Gasteiger partial charge on any atom is -0.337 e. The van der Waals surface area contributed by atoms with Crippen molar-refractivity contribution in [2.24, 2.45) is 0 Å². The number of piperidine rings is 1. The molecular formula is C22H30N2O. The van der Waals surface area contributed by atoms with Gasteiger partial charge in [0.15, 0.2) is 0 Å². The molecule has 0 radical (unpaired) electrons. The van der Waals surface area contributed by atoms with Crippen LogP contribution >= 0.6 is 0 Å². The van der Waals surface area contributed by atoms with Gasteiger partial charge < -0.3 is 4.90 Å². The number of likely N-dealkylation sites (tertiary alicyclic amines) is 1. The Morgan fingerprint density at radius 2 is 1.68 bits per heavy atom. The second-order valence-corrected chi connectivity index (χ2v) is 6.65. The molecule has 1 saturated heterocycles. The zero-order chi connectivity index (χ0) is 18.1. The molecule has 134 valence electrons. The predicted molar refractivity (Wildman–Crippen MR) is 104 cm³/mol. The highest BCUT2D eigenvalue weighted by molar-refractivity contribution is 5.93. The van der Waals surface area contributed by atoms with Crippen LogP contribution in [-0.4, -0.2) is 28.9 Å². The van der Waals surface area contributed by atoms with E-state index in [2.05, 4.69) is 43.1 Å². The Hall–Kier alpha value is -2.16. The number of rotatable bonds is 3. The molecule has 1 fully saturated rings. The minimum atomic E-state index is 0.0691. The van der Waals surface area contributed by atoms with Crippen molar-refractivity contribution in [1.82, 2.24) is 9.88 Å². The van der Waals surface area contributed by atoms with Crippen molar-refractivity contribution >= 4 is 5.91 Å². The molecule has 1 aliphatic rings. The zero-order valence-electron chi connectivity index (χ0n) is 15.7. The standard InChI is InChI=1S/C18H20N2O.C4H10/c1-14-6-5-11-19-17(14)18(21)20-12-9-16(10-13-20)15-7-3-2-4-8-15;1-3-4-2/h2-8,11,16H,9-10,12-13H2,1H3;3-4H2,1-2H3. The summed E-state index contributed by atoms with van der Waals surface area (Å²) in [7, 11) is 0. The van der Waals surface area contributed by atoms with Crippen molar-refractivity contribution in [1.29, 1.82) is 0 Å². The smallest absolute Gasteiger partial charge is 0.272 e. The second-order valence-electron chi connectivity index (χ2n) is 6.65. The van der Waals surface area contributed by atoms with Gasteiger partial charge in [0.1, 0.15) is 5.69 Å². The van der Waals surface area contributed by atoms with Crippen LogP contribution in [0.2, 0.25) is 0 Å².